The third-order valence-electron chi connectivity index (χ3n) is 3.70. The van der Waals surface area contributed by atoms with Crippen molar-refractivity contribution >= 4 is 11.8 Å². The Kier molecular flexibility index (Phi) is 7.02. The summed E-state index contributed by atoms with van der Waals surface area (Å²) in [6, 6.07) is 14.9. The van der Waals surface area contributed by atoms with E-state index in [0.717, 1.165) is 12.0 Å². The number of aryl methyl sites for hydroxylation is 2. The summed E-state index contributed by atoms with van der Waals surface area (Å²) in [5.74, 6) is 0.283. The molecule has 0 aromatic heterocycles. The van der Waals surface area contributed by atoms with Gasteiger partial charge in [0.1, 0.15) is 11.5 Å². The molecule has 2 rings (SSSR count). The molecule has 0 fully saturated rings. The molecule has 0 bridgehead atoms. The van der Waals surface area contributed by atoms with Gasteiger partial charge in [0.2, 0.25) is 0 Å². The number of rotatable bonds is 7. The normalized spacial score (nSPS) is 11.3. The molecule has 6 nitrogen and oxygen atoms in total. The van der Waals surface area contributed by atoms with Crippen molar-refractivity contribution in [2.45, 2.75) is 33.3 Å². The van der Waals surface area contributed by atoms with Crippen LogP contribution in [0.1, 0.15) is 25.0 Å². The summed E-state index contributed by atoms with van der Waals surface area (Å²) in [6.07, 6.45) is 0.190. The van der Waals surface area contributed by atoms with Gasteiger partial charge in [-0.25, -0.2) is 0 Å². The van der Waals surface area contributed by atoms with Crippen LogP contribution in [-0.2, 0) is 16.0 Å². The Labute approximate surface area is 153 Å². The Morgan fingerprint density at radius 1 is 1.04 bits per heavy atom. The standard InChI is InChI=1S/C20H24N2O4/c1-4-16-8-10-17(11-9-16)25-13-19(23)21-22-20(24)15(3)26-18-7-5-6-14(2)12-18/h5-12,15H,4,13H2,1-3H3,(H,21,23)(H,22,24). The second-order valence-corrected chi connectivity index (χ2v) is 5.90. The van der Waals surface area contributed by atoms with Gasteiger partial charge in [0.05, 0.1) is 0 Å². The minimum Gasteiger partial charge on any atom is -0.484 e. The lowest BCUT2D eigenvalue weighted by atomic mass is 10.2. The van der Waals surface area contributed by atoms with Crippen LogP contribution < -0.4 is 20.3 Å². The fourth-order valence-corrected chi connectivity index (χ4v) is 2.19. The van der Waals surface area contributed by atoms with Crippen LogP contribution in [0, 0.1) is 6.92 Å². The largest absolute Gasteiger partial charge is 0.484 e. The minimum atomic E-state index is -0.750. The lowest BCUT2D eigenvalue weighted by Crippen LogP contribution is -2.48. The minimum absolute atomic E-state index is 0.196. The van der Waals surface area contributed by atoms with Crippen LogP contribution in [0.4, 0.5) is 0 Å². The Morgan fingerprint density at radius 3 is 2.42 bits per heavy atom. The molecule has 26 heavy (non-hydrogen) atoms. The van der Waals surface area contributed by atoms with Crippen LogP contribution in [0.25, 0.3) is 0 Å². The highest BCUT2D eigenvalue weighted by atomic mass is 16.5. The zero-order valence-electron chi connectivity index (χ0n) is 15.2. The van der Waals surface area contributed by atoms with Crippen molar-refractivity contribution < 1.29 is 19.1 Å². The molecule has 0 aliphatic carbocycles. The third kappa shape index (κ3) is 6.12. The van der Waals surface area contributed by atoms with E-state index in [0.29, 0.717) is 11.5 Å². The number of carbonyl (C=O) groups excluding carboxylic acids is 2. The molecular weight excluding hydrogens is 332 g/mol. The smallest absolute Gasteiger partial charge is 0.279 e. The Morgan fingerprint density at radius 2 is 1.77 bits per heavy atom. The highest BCUT2D eigenvalue weighted by Crippen LogP contribution is 2.14. The van der Waals surface area contributed by atoms with Crippen molar-refractivity contribution in [2.24, 2.45) is 0 Å². The highest BCUT2D eigenvalue weighted by Gasteiger charge is 2.15. The van der Waals surface area contributed by atoms with Crippen molar-refractivity contribution in [3.05, 3.63) is 59.7 Å². The van der Waals surface area contributed by atoms with Crippen molar-refractivity contribution in [3.8, 4) is 11.5 Å². The summed E-state index contributed by atoms with van der Waals surface area (Å²) in [5, 5.41) is 0. The van der Waals surface area contributed by atoms with Gasteiger partial charge in [-0.05, 0) is 55.7 Å². The van der Waals surface area contributed by atoms with E-state index >= 15 is 0 Å². The van der Waals surface area contributed by atoms with E-state index in [9.17, 15) is 9.59 Å². The fraction of sp³-hybridized carbons (Fsp3) is 0.300. The van der Waals surface area contributed by atoms with Gasteiger partial charge in [-0.1, -0.05) is 31.2 Å². The van der Waals surface area contributed by atoms with E-state index < -0.39 is 17.9 Å². The first-order chi connectivity index (χ1) is 12.5. The molecule has 0 spiro atoms. The van der Waals surface area contributed by atoms with Gasteiger partial charge in [0.15, 0.2) is 12.7 Å². The molecule has 1 unspecified atom stereocenters. The SMILES string of the molecule is CCc1ccc(OCC(=O)NNC(=O)C(C)Oc2cccc(C)c2)cc1. The van der Waals surface area contributed by atoms with E-state index in [4.69, 9.17) is 9.47 Å². The van der Waals surface area contributed by atoms with E-state index in [1.165, 1.54) is 5.56 Å². The van der Waals surface area contributed by atoms with Crippen molar-refractivity contribution in [3.63, 3.8) is 0 Å². The summed E-state index contributed by atoms with van der Waals surface area (Å²) >= 11 is 0. The van der Waals surface area contributed by atoms with E-state index in [-0.39, 0.29) is 6.61 Å². The van der Waals surface area contributed by atoms with Gasteiger partial charge < -0.3 is 9.47 Å². The predicted octanol–water partition coefficient (Wildman–Crippen LogP) is 2.55. The Balaban J connectivity index is 1.72. The molecule has 2 aromatic carbocycles. The molecule has 0 aliphatic rings. The van der Waals surface area contributed by atoms with Crippen molar-refractivity contribution in [2.75, 3.05) is 6.61 Å². The first-order valence-corrected chi connectivity index (χ1v) is 8.51. The Hall–Kier alpha value is -3.02. The summed E-state index contributed by atoms with van der Waals surface area (Å²) in [5.41, 5.74) is 6.86. The molecule has 138 valence electrons. The van der Waals surface area contributed by atoms with Crippen LogP contribution in [0.5, 0.6) is 11.5 Å². The molecule has 2 N–H and O–H groups in total. The second-order valence-electron chi connectivity index (χ2n) is 5.90. The molecule has 1 atom stereocenters. The van der Waals surface area contributed by atoms with Crippen LogP contribution >= 0.6 is 0 Å². The summed E-state index contributed by atoms with van der Waals surface area (Å²) in [7, 11) is 0. The van der Waals surface area contributed by atoms with E-state index in [1.807, 2.05) is 49.4 Å². The highest BCUT2D eigenvalue weighted by molar-refractivity contribution is 5.85. The van der Waals surface area contributed by atoms with E-state index in [1.54, 1.807) is 13.0 Å². The first-order valence-electron chi connectivity index (χ1n) is 8.51. The van der Waals surface area contributed by atoms with Crippen LogP contribution in [0.3, 0.4) is 0 Å². The summed E-state index contributed by atoms with van der Waals surface area (Å²) in [6.45, 7) is 5.41. The molecule has 0 saturated heterocycles. The first kappa shape index (κ1) is 19.3. The summed E-state index contributed by atoms with van der Waals surface area (Å²) in [4.78, 5) is 23.8. The van der Waals surface area contributed by atoms with Crippen LogP contribution in [-0.4, -0.2) is 24.5 Å². The Bertz CT molecular complexity index is 744. The zero-order valence-corrected chi connectivity index (χ0v) is 15.2. The molecule has 0 saturated carbocycles. The molecule has 6 heteroatoms. The quantitative estimate of drug-likeness (QED) is 0.748. The number of hydrogen-bond acceptors (Lipinski definition) is 4. The van der Waals surface area contributed by atoms with Gasteiger partial charge in [-0.2, -0.15) is 0 Å². The lowest BCUT2D eigenvalue weighted by molar-refractivity contribution is -0.133. The molecule has 0 aliphatic heterocycles. The maximum absolute atomic E-state index is 12.0. The topological polar surface area (TPSA) is 76.7 Å². The van der Waals surface area contributed by atoms with Crippen molar-refractivity contribution in [1.29, 1.82) is 0 Å². The average Bonchev–Trinajstić information content (AvgIpc) is 2.64. The number of amides is 2. The number of ether oxygens (including phenoxy) is 2. The maximum atomic E-state index is 12.0. The number of carbonyl (C=O) groups is 2. The number of nitrogens with one attached hydrogen (secondary N) is 2. The lowest BCUT2D eigenvalue weighted by Gasteiger charge is -2.15. The molecule has 2 aromatic rings. The van der Waals surface area contributed by atoms with Crippen molar-refractivity contribution in [1.82, 2.24) is 10.9 Å². The number of hydrogen-bond donors (Lipinski definition) is 2. The maximum Gasteiger partial charge on any atom is 0.279 e. The predicted molar refractivity (Wildman–Crippen MR) is 98.9 cm³/mol. The molecular formula is C20H24N2O4. The van der Waals surface area contributed by atoms with Gasteiger partial charge in [0.25, 0.3) is 11.8 Å². The number of benzene rings is 2. The van der Waals surface area contributed by atoms with Crippen LogP contribution in [0.15, 0.2) is 48.5 Å². The summed E-state index contributed by atoms with van der Waals surface area (Å²) < 4.78 is 10.9. The molecule has 2 amide bonds. The molecule has 0 heterocycles. The molecule has 0 radical (unpaired) electrons. The zero-order chi connectivity index (χ0) is 18.9. The van der Waals surface area contributed by atoms with Gasteiger partial charge >= 0.3 is 0 Å². The van der Waals surface area contributed by atoms with Gasteiger partial charge in [0, 0.05) is 0 Å². The van der Waals surface area contributed by atoms with Gasteiger partial charge in [-0.3, -0.25) is 20.4 Å². The van der Waals surface area contributed by atoms with Crippen LogP contribution in [0.2, 0.25) is 0 Å². The third-order valence-corrected chi connectivity index (χ3v) is 3.70. The number of hydrazine groups is 1. The average molecular weight is 356 g/mol. The van der Waals surface area contributed by atoms with E-state index in [2.05, 4.69) is 17.8 Å². The monoisotopic (exact) mass is 356 g/mol. The fourth-order valence-electron chi connectivity index (χ4n) is 2.19. The second kappa shape index (κ2) is 9.46. The van der Waals surface area contributed by atoms with Gasteiger partial charge in [-0.15, -0.1) is 0 Å².